The highest BCUT2D eigenvalue weighted by Gasteiger charge is 2.63. The lowest BCUT2D eigenvalue weighted by Crippen LogP contribution is -2.69. The first-order valence-electron chi connectivity index (χ1n) is 7.53. The molecule has 158 valence electrons. The van der Waals surface area contributed by atoms with Gasteiger partial charge in [0.15, 0.2) is 5.76 Å². The molecule has 0 bridgehead atoms. The first kappa shape index (κ1) is 21.9. The fourth-order valence-electron chi connectivity index (χ4n) is 2.14. The number of hydrogen-bond acceptors (Lipinski definition) is 6. The third-order valence-corrected chi connectivity index (χ3v) is 3.38. The number of benzene rings is 1. The van der Waals surface area contributed by atoms with Crippen molar-refractivity contribution < 1.29 is 49.8 Å². The Morgan fingerprint density at radius 1 is 1.00 bits per heavy atom. The van der Waals surface area contributed by atoms with Crippen molar-refractivity contribution in [3.63, 3.8) is 0 Å². The van der Waals surface area contributed by atoms with Crippen LogP contribution < -0.4 is 15.4 Å². The number of rotatable bonds is 6. The fraction of sp³-hybridized carbons (Fsp3) is 0.250. The van der Waals surface area contributed by atoms with Crippen molar-refractivity contribution in [1.29, 1.82) is 0 Å². The van der Waals surface area contributed by atoms with Gasteiger partial charge in [0.05, 0.1) is 13.4 Å². The van der Waals surface area contributed by atoms with Gasteiger partial charge < -0.3 is 24.5 Å². The molecule has 1 atom stereocenters. The quantitative estimate of drug-likeness (QED) is 0.418. The summed E-state index contributed by atoms with van der Waals surface area (Å²) in [5.41, 5.74) is -4.24. The SMILES string of the molecule is COC(=O)C(NC(=O)c1ccco1)(Nc1ccc(OC(F)(F)F)cc1)C(F)(F)F. The first-order valence-corrected chi connectivity index (χ1v) is 7.53. The molecule has 0 aliphatic carbocycles. The predicted octanol–water partition coefficient (Wildman–Crippen LogP) is 3.45. The molecule has 2 N–H and O–H groups in total. The summed E-state index contributed by atoms with van der Waals surface area (Å²) in [4.78, 5) is 24.1. The van der Waals surface area contributed by atoms with Crippen LogP contribution in [0.15, 0.2) is 47.1 Å². The van der Waals surface area contributed by atoms with E-state index < -0.39 is 47.3 Å². The number of amides is 1. The number of furan rings is 1. The minimum Gasteiger partial charge on any atom is -0.466 e. The van der Waals surface area contributed by atoms with Crippen molar-refractivity contribution >= 4 is 17.6 Å². The largest absolute Gasteiger partial charge is 0.573 e. The minimum atomic E-state index is -5.43. The smallest absolute Gasteiger partial charge is 0.466 e. The van der Waals surface area contributed by atoms with E-state index >= 15 is 0 Å². The van der Waals surface area contributed by atoms with Crippen LogP contribution in [-0.4, -0.2) is 37.2 Å². The molecule has 1 aromatic carbocycles. The minimum absolute atomic E-state index is 0.470. The topological polar surface area (TPSA) is 89.8 Å². The third kappa shape index (κ3) is 5.12. The van der Waals surface area contributed by atoms with Gasteiger partial charge in [0.2, 0.25) is 0 Å². The van der Waals surface area contributed by atoms with E-state index in [9.17, 15) is 35.9 Å². The number of ether oxygens (including phenoxy) is 2. The molecule has 0 aliphatic rings. The Balaban J connectivity index is 2.39. The lowest BCUT2D eigenvalue weighted by Gasteiger charge is -2.34. The van der Waals surface area contributed by atoms with Crippen molar-refractivity contribution in [3.8, 4) is 5.75 Å². The van der Waals surface area contributed by atoms with Gasteiger partial charge >= 0.3 is 24.2 Å². The molecule has 0 radical (unpaired) electrons. The fourth-order valence-corrected chi connectivity index (χ4v) is 2.14. The number of methoxy groups -OCH3 is 1. The van der Waals surface area contributed by atoms with E-state index in [1.165, 1.54) is 11.4 Å². The summed E-state index contributed by atoms with van der Waals surface area (Å²) in [7, 11) is 0.657. The molecule has 2 aromatic rings. The van der Waals surface area contributed by atoms with Crippen molar-refractivity contribution in [2.75, 3.05) is 12.4 Å². The molecule has 0 aliphatic heterocycles. The summed E-state index contributed by atoms with van der Waals surface area (Å²) in [6, 6.07) is 5.27. The Hall–Kier alpha value is -3.38. The van der Waals surface area contributed by atoms with E-state index in [0.717, 1.165) is 24.5 Å². The standard InChI is InChI=1S/C16H12F6N2O5/c1-27-13(26)14(15(17,18)19,24-12(25)11-3-2-8-28-11)23-9-4-6-10(7-5-9)29-16(20,21)22/h2-8,23H,1H3,(H,24,25). The van der Waals surface area contributed by atoms with Crippen LogP contribution in [0.1, 0.15) is 10.6 Å². The summed E-state index contributed by atoms with van der Waals surface area (Å²) in [6.45, 7) is 0. The molecule has 0 spiro atoms. The zero-order valence-electron chi connectivity index (χ0n) is 14.4. The molecule has 2 rings (SSSR count). The second-order valence-corrected chi connectivity index (χ2v) is 5.37. The predicted molar refractivity (Wildman–Crippen MR) is 83.7 cm³/mol. The summed E-state index contributed by atoms with van der Waals surface area (Å²) in [5, 5.41) is 3.23. The molecule has 1 amide bonds. The van der Waals surface area contributed by atoms with Crippen molar-refractivity contribution in [2.45, 2.75) is 18.2 Å². The van der Waals surface area contributed by atoms with Gasteiger partial charge in [-0.3, -0.25) is 4.79 Å². The van der Waals surface area contributed by atoms with Crippen LogP contribution >= 0.6 is 0 Å². The molecule has 29 heavy (non-hydrogen) atoms. The average molecular weight is 426 g/mol. The number of carbonyl (C=O) groups is 2. The van der Waals surface area contributed by atoms with E-state index in [-0.39, 0.29) is 0 Å². The maximum Gasteiger partial charge on any atom is 0.573 e. The van der Waals surface area contributed by atoms with E-state index in [4.69, 9.17) is 4.42 Å². The van der Waals surface area contributed by atoms with Gasteiger partial charge in [-0.2, -0.15) is 13.2 Å². The highest BCUT2D eigenvalue weighted by molar-refractivity contribution is 5.97. The van der Waals surface area contributed by atoms with Crippen LogP contribution in [-0.2, 0) is 9.53 Å². The number of alkyl halides is 6. The van der Waals surface area contributed by atoms with Gasteiger partial charge in [-0.05, 0) is 36.4 Å². The van der Waals surface area contributed by atoms with E-state index in [0.29, 0.717) is 19.2 Å². The number of hydrogen-bond donors (Lipinski definition) is 2. The second-order valence-electron chi connectivity index (χ2n) is 5.37. The molecule has 0 saturated heterocycles. The highest BCUT2D eigenvalue weighted by atomic mass is 19.4. The maximum absolute atomic E-state index is 13.8. The summed E-state index contributed by atoms with van der Waals surface area (Å²) < 4.78 is 90.5. The van der Waals surface area contributed by atoms with E-state index in [1.54, 1.807) is 5.32 Å². The van der Waals surface area contributed by atoms with Crippen LogP contribution in [0.25, 0.3) is 0 Å². The average Bonchev–Trinajstić information content (AvgIpc) is 3.14. The molecule has 0 saturated carbocycles. The zero-order chi connectivity index (χ0) is 21.9. The van der Waals surface area contributed by atoms with Gasteiger partial charge in [-0.25, -0.2) is 4.79 Å². The number of carbonyl (C=O) groups excluding carboxylic acids is 2. The lowest BCUT2D eigenvalue weighted by molar-refractivity contribution is -0.274. The Morgan fingerprint density at radius 3 is 2.07 bits per heavy atom. The van der Waals surface area contributed by atoms with Crippen LogP contribution in [0.4, 0.5) is 32.0 Å². The number of esters is 1. The van der Waals surface area contributed by atoms with Crippen molar-refractivity contribution in [3.05, 3.63) is 48.4 Å². The molecule has 1 unspecified atom stereocenters. The van der Waals surface area contributed by atoms with Crippen LogP contribution in [0, 0.1) is 0 Å². The molecule has 1 aromatic heterocycles. The van der Waals surface area contributed by atoms with Crippen molar-refractivity contribution in [1.82, 2.24) is 5.32 Å². The summed E-state index contributed by atoms with van der Waals surface area (Å²) >= 11 is 0. The normalized spacial score (nSPS) is 13.9. The van der Waals surface area contributed by atoms with Crippen molar-refractivity contribution in [2.24, 2.45) is 0 Å². The molecule has 7 nitrogen and oxygen atoms in total. The Morgan fingerprint density at radius 2 is 1.62 bits per heavy atom. The summed E-state index contributed by atoms with van der Waals surface area (Å²) in [5.74, 6) is -4.57. The van der Waals surface area contributed by atoms with Crippen LogP contribution in [0.3, 0.4) is 0 Å². The van der Waals surface area contributed by atoms with E-state index in [2.05, 4.69) is 9.47 Å². The van der Waals surface area contributed by atoms with E-state index in [1.807, 2.05) is 0 Å². The molecular formula is C16H12F6N2O5. The first-order chi connectivity index (χ1) is 13.4. The molecule has 1 heterocycles. The van der Waals surface area contributed by atoms with Gasteiger partial charge in [0.1, 0.15) is 5.75 Å². The zero-order valence-corrected chi connectivity index (χ0v) is 14.4. The number of nitrogens with one attached hydrogen (secondary N) is 2. The third-order valence-electron chi connectivity index (χ3n) is 3.38. The lowest BCUT2D eigenvalue weighted by atomic mass is 10.1. The number of anilines is 1. The Kier molecular flexibility index (Phi) is 5.99. The Labute approximate surface area is 158 Å². The molecular weight excluding hydrogens is 414 g/mol. The summed E-state index contributed by atoms with van der Waals surface area (Å²) in [6.07, 6.45) is -9.41. The molecule has 0 fully saturated rings. The molecule has 13 heteroatoms. The maximum atomic E-state index is 13.8. The van der Waals surface area contributed by atoms with Gasteiger partial charge in [0.25, 0.3) is 5.91 Å². The van der Waals surface area contributed by atoms with Gasteiger partial charge in [-0.1, -0.05) is 0 Å². The van der Waals surface area contributed by atoms with Gasteiger partial charge in [0, 0.05) is 5.69 Å². The highest BCUT2D eigenvalue weighted by Crippen LogP contribution is 2.34. The van der Waals surface area contributed by atoms with Gasteiger partial charge in [-0.15, -0.1) is 13.2 Å². The second kappa shape index (κ2) is 7.93. The monoisotopic (exact) mass is 426 g/mol. The van der Waals surface area contributed by atoms with Crippen LogP contribution in [0.5, 0.6) is 5.75 Å². The number of halogens is 6. The van der Waals surface area contributed by atoms with Crippen LogP contribution in [0.2, 0.25) is 0 Å². The Bertz CT molecular complexity index is 848.